The van der Waals surface area contributed by atoms with Crippen LogP contribution in [-0.4, -0.2) is 24.0 Å². The van der Waals surface area contributed by atoms with Crippen LogP contribution in [0, 0.1) is 16.0 Å². The lowest BCUT2D eigenvalue weighted by atomic mass is 10.0. The van der Waals surface area contributed by atoms with Crippen LogP contribution in [0.1, 0.15) is 13.8 Å². The number of esters is 1. The number of benzene rings is 1. The highest BCUT2D eigenvalue weighted by molar-refractivity contribution is 6.33. The van der Waals surface area contributed by atoms with E-state index in [0.29, 0.717) is 0 Å². The highest BCUT2D eigenvalue weighted by Gasteiger charge is 2.27. The number of halogens is 1. The molecule has 0 aliphatic heterocycles. The number of carbonyl (C=O) groups is 1. The van der Waals surface area contributed by atoms with Gasteiger partial charge < -0.3 is 10.1 Å². The van der Waals surface area contributed by atoms with Crippen LogP contribution >= 0.6 is 11.6 Å². The van der Waals surface area contributed by atoms with Crippen molar-refractivity contribution in [1.29, 1.82) is 0 Å². The summed E-state index contributed by atoms with van der Waals surface area (Å²) in [5, 5.41) is 13.9. The highest BCUT2D eigenvalue weighted by Crippen LogP contribution is 2.33. The van der Waals surface area contributed by atoms with Crippen LogP contribution in [0.15, 0.2) is 18.2 Å². The molecule has 1 rings (SSSR count). The number of hydrogen-bond donors (Lipinski definition) is 1. The standard InChI is InChI=1S/C12H15ClN2O4/c1-7(2)10(12(16)19-3)14-11-8(13)5-4-6-9(11)15(17)18/h4-7,10,14H,1-3H3. The topological polar surface area (TPSA) is 81.5 Å². The average molecular weight is 287 g/mol. The van der Waals surface area contributed by atoms with Crippen LogP contribution in [0.5, 0.6) is 0 Å². The van der Waals surface area contributed by atoms with Gasteiger partial charge in [0.25, 0.3) is 5.69 Å². The van der Waals surface area contributed by atoms with E-state index in [4.69, 9.17) is 11.6 Å². The third-order valence-corrected chi connectivity index (χ3v) is 2.92. The maximum absolute atomic E-state index is 11.7. The largest absolute Gasteiger partial charge is 0.467 e. The Balaban J connectivity index is 3.16. The zero-order valence-corrected chi connectivity index (χ0v) is 11.6. The Morgan fingerprint density at radius 1 is 1.47 bits per heavy atom. The molecule has 0 radical (unpaired) electrons. The summed E-state index contributed by atoms with van der Waals surface area (Å²) in [4.78, 5) is 22.1. The number of ether oxygens (including phenoxy) is 1. The van der Waals surface area contributed by atoms with Crippen molar-refractivity contribution in [1.82, 2.24) is 0 Å². The zero-order chi connectivity index (χ0) is 14.6. The lowest BCUT2D eigenvalue weighted by Gasteiger charge is -2.21. The molecule has 1 atom stereocenters. The van der Waals surface area contributed by atoms with Gasteiger partial charge in [-0.3, -0.25) is 10.1 Å². The first-order valence-electron chi connectivity index (χ1n) is 5.65. The average Bonchev–Trinajstić information content (AvgIpc) is 2.35. The second kappa shape index (κ2) is 6.38. The van der Waals surface area contributed by atoms with E-state index >= 15 is 0 Å². The van der Waals surface area contributed by atoms with Crippen molar-refractivity contribution in [3.05, 3.63) is 33.3 Å². The minimum atomic E-state index is -0.705. The number of rotatable bonds is 5. The van der Waals surface area contributed by atoms with E-state index in [-0.39, 0.29) is 22.3 Å². The summed E-state index contributed by atoms with van der Waals surface area (Å²) in [5.74, 6) is -0.604. The molecule has 104 valence electrons. The maximum atomic E-state index is 11.7. The lowest BCUT2D eigenvalue weighted by molar-refractivity contribution is -0.384. The molecule has 19 heavy (non-hydrogen) atoms. The predicted octanol–water partition coefficient (Wildman–Crippen LogP) is 2.86. The van der Waals surface area contributed by atoms with Crippen molar-refractivity contribution in [2.75, 3.05) is 12.4 Å². The van der Waals surface area contributed by atoms with E-state index in [2.05, 4.69) is 10.1 Å². The fourth-order valence-electron chi connectivity index (χ4n) is 1.59. The summed E-state index contributed by atoms with van der Waals surface area (Å²) in [5.41, 5.74) is -0.0553. The molecule has 1 unspecified atom stereocenters. The predicted molar refractivity (Wildman–Crippen MR) is 72.4 cm³/mol. The molecule has 0 saturated heterocycles. The molecule has 0 bridgehead atoms. The van der Waals surface area contributed by atoms with Crippen LogP contribution in [0.4, 0.5) is 11.4 Å². The molecule has 1 N–H and O–H groups in total. The highest BCUT2D eigenvalue weighted by atomic mass is 35.5. The van der Waals surface area contributed by atoms with E-state index in [1.165, 1.54) is 25.3 Å². The van der Waals surface area contributed by atoms with E-state index in [1.807, 2.05) is 0 Å². The van der Waals surface area contributed by atoms with Crippen LogP contribution in [0.25, 0.3) is 0 Å². The summed E-state index contributed by atoms with van der Waals surface area (Å²) in [7, 11) is 1.26. The van der Waals surface area contributed by atoms with Gasteiger partial charge in [0.15, 0.2) is 0 Å². The third-order valence-electron chi connectivity index (χ3n) is 2.61. The quantitative estimate of drug-likeness (QED) is 0.511. The Morgan fingerprint density at radius 2 is 2.11 bits per heavy atom. The van der Waals surface area contributed by atoms with Crippen molar-refractivity contribution >= 4 is 28.9 Å². The Bertz CT molecular complexity index is 491. The van der Waals surface area contributed by atoms with Gasteiger partial charge in [0.2, 0.25) is 0 Å². The fourth-order valence-corrected chi connectivity index (χ4v) is 1.81. The number of nitrogens with one attached hydrogen (secondary N) is 1. The molecule has 0 saturated carbocycles. The lowest BCUT2D eigenvalue weighted by Crippen LogP contribution is -2.35. The molecular weight excluding hydrogens is 272 g/mol. The van der Waals surface area contributed by atoms with Crippen molar-refractivity contribution in [2.24, 2.45) is 5.92 Å². The minimum Gasteiger partial charge on any atom is -0.467 e. The fraction of sp³-hybridized carbons (Fsp3) is 0.417. The van der Waals surface area contributed by atoms with Crippen molar-refractivity contribution in [2.45, 2.75) is 19.9 Å². The molecule has 6 nitrogen and oxygen atoms in total. The van der Waals surface area contributed by atoms with Crippen LogP contribution < -0.4 is 5.32 Å². The number of nitrogens with zero attached hydrogens (tertiary/aromatic N) is 1. The van der Waals surface area contributed by atoms with Gasteiger partial charge in [0.05, 0.1) is 17.1 Å². The molecule has 0 amide bonds. The molecule has 0 aliphatic carbocycles. The van der Waals surface area contributed by atoms with Gasteiger partial charge in [-0.15, -0.1) is 0 Å². The molecule has 0 aromatic heterocycles. The summed E-state index contributed by atoms with van der Waals surface area (Å²) < 4.78 is 4.67. The normalized spacial score (nSPS) is 12.1. The van der Waals surface area contributed by atoms with Gasteiger partial charge in [-0.05, 0) is 12.0 Å². The third kappa shape index (κ3) is 3.57. The number of anilines is 1. The summed E-state index contributed by atoms with van der Waals surface area (Å²) in [6.45, 7) is 3.61. The first kappa shape index (κ1) is 15.2. The summed E-state index contributed by atoms with van der Waals surface area (Å²) >= 11 is 5.95. The SMILES string of the molecule is COC(=O)C(Nc1c(Cl)cccc1[N+](=O)[O-])C(C)C. The number of para-hydroxylation sites is 1. The van der Waals surface area contributed by atoms with Crippen molar-refractivity contribution in [3.63, 3.8) is 0 Å². The molecule has 0 heterocycles. The second-order valence-corrected chi connectivity index (χ2v) is 4.69. The van der Waals surface area contributed by atoms with Crippen molar-refractivity contribution in [3.8, 4) is 0 Å². The molecule has 0 fully saturated rings. The minimum absolute atomic E-state index is 0.108. The van der Waals surface area contributed by atoms with E-state index in [0.717, 1.165) is 0 Å². The van der Waals surface area contributed by atoms with E-state index < -0.39 is 16.9 Å². The zero-order valence-electron chi connectivity index (χ0n) is 10.8. The maximum Gasteiger partial charge on any atom is 0.328 e. The van der Waals surface area contributed by atoms with Crippen LogP contribution in [0.2, 0.25) is 5.02 Å². The molecule has 1 aromatic carbocycles. The van der Waals surface area contributed by atoms with Crippen molar-refractivity contribution < 1.29 is 14.5 Å². The molecule has 0 spiro atoms. The number of nitro benzene ring substituents is 1. The van der Waals surface area contributed by atoms with Gasteiger partial charge in [-0.25, -0.2) is 4.79 Å². The Labute approximate surface area is 115 Å². The Morgan fingerprint density at radius 3 is 2.58 bits per heavy atom. The van der Waals surface area contributed by atoms with Crippen LogP contribution in [0.3, 0.4) is 0 Å². The van der Waals surface area contributed by atoms with Gasteiger partial charge in [0.1, 0.15) is 11.7 Å². The second-order valence-electron chi connectivity index (χ2n) is 4.28. The first-order chi connectivity index (χ1) is 8.88. The summed E-state index contributed by atoms with van der Waals surface area (Å²) in [6, 6.07) is 3.62. The van der Waals surface area contributed by atoms with Crippen LogP contribution in [-0.2, 0) is 9.53 Å². The number of hydrogen-bond acceptors (Lipinski definition) is 5. The van der Waals surface area contributed by atoms with Gasteiger partial charge in [-0.2, -0.15) is 0 Å². The van der Waals surface area contributed by atoms with Gasteiger partial charge in [-0.1, -0.05) is 31.5 Å². The smallest absolute Gasteiger partial charge is 0.328 e. The van der Waals surface area contributed by atoms with Gasteiger partial charge in [0, 0.05) is 6.07 Å². The number of carbonyl (C=O) groups excluding carboxylic acids is 1. The monoisotopic (exact) mass is 286 g/mol. The number of nitro groups is 1. The summed E-state index contributed by atoms with van der Waals surface area (Å²) in [6.07, 6.45) is 0. The molecule has 7 heteroatoms. The number of methoxy groups -OCH3 is 1. The molecule has 0 aliphatic rings. The van der Waals surface area contributed by atoms with E-state index in [1.54, 1.807) is 13.8 Å². The Kier molecular flexibility index (Phi) is 5.11. The Hall–Kier alpha value is -1.82. The van der Waals surface area contributed by atoms with E-state index in [9.17, 15) is 14.9 Å². The molecule has 1 aromatic rings. The first-order valence-corrected chi connectivity index (χ1v) is 6.03. The molecular formula is C12H15ClN2O4. The van der Waals surface area contributed by atoms with Gasteiger partial charge >= 0.3 is 5.97 Å².